The van der Waals surface area contributed by atoms with E-state index in [9.17, 15) is 18.0 Å². The minimum Gasteiger partial charge on any atom is -0.341 e. The summed E-state index contributed by atoms with van der Waals surface area (Å²) in [4.78, 5) is 18.3. The number of halogens is 3. The predicted octanol–water partition coefficient (Wildman–Crippen LogP) is 3.08. The van der Waals surface area contributed by atoms with Gasteiger partial charge in [0.25, 0.3) is 0 Å². The number of hydrogen-bond acceptors (Lipinski definition) is 5. The summed E-state index contributed by atoms with van der Waals surface area (Å²) in [7, 11) is 1.56. The molecule has 0 radical (unpaired) electrons. The molecule has 2 amide bonds. The molecule has 3 heterocycles. The summed E-state index contributed by atoms with van der Waals surface area (Å²) >= 11 is 1.28. The molecule has 1 N–H and O–H groups in total. The number of carbonyl (C=O) groups excluding carboxylic acids is 1. The summed E-state index contributed by atoms with van der Waals surface area (Å²) in [6, 6.07) is 1.42. The third-order valence-electron chi connectivity index (χ3n) is 3.67. The van der Waals surface area contributed by atoms with Crippen molar-refractivity contribution in [3.63, 3.8) is 0 Å². The first kappa shape index (κ1) is 15.8. The van der Waals surface area contributed by atoms with E-state index >= 15 is 0 Å². The van der Waals surface area contributed by atoms with Crippen LogP contribution >= 0.6 is 11.3 Å². The molecular formula is C13H13F3N4O2S. The Labute approximate surface area is 133 Å². The molecule has 0 aromatic carbocycles. The van der Waals surface area contributed by atoms with Crippen molar-refractivity contribution in [2.24, 2.45) is 0 Å². The molecule has 2 aromatic rings. The highest BCUT2D eigenvalue weighted by atomic mass is 32.1. The zero-order valence-corrected chi connectivity index (χ0v) is 13.1. The van der Waals surface area contributed by atoms with Crippen LogP contribution in [0.3, 0.4) is 0 Å². The van der Waals surface area contributed by atoms with Crippen molar-refractivity contribution in [2.75, 3.05) is 13.6 Å². The van der Waals surface area contributed by atoms with E-state index in [-0.39, 0.29) is 17.9 Å². The quantitative estimate of drug-likeness (QED) is 0.861. The van der Waals surface area contributed by atoms with Gasteiger partial charge in [-0.3, -0.25) is 0 Å². The smallest absolute Gasteiger partial charge is 0.341 e. The second-order valence-electron chi connectivity index (χ2n) is 5.10. The van der Waals surface area contributed by atoms with Gasteiger partial charge >= 0.3 is 18.1 Å². The summed E-state index contributed by atoms with van der Waals surface area (Å²) in [6.45, 7) is 2.43. The Morgan fingerprint density at radius 2 is 2.26 bits per heavy atom. The van der Waals surface area contributed by atoms with E-state index in [1.165, 1.54) is 11.3 Å². The van der Waals surface area contributed by atoms with Gasteiger partial charge in [0.1, 0.15) is 0 Å². The first-order valence-electron chi connectivity index (χ1n) is 6.83. The molecule has 1 aliphatic rings. The monoisotopic (exact) mass is 346 g/mol. The van der Waals surface area contributed by atoms with Gasteiger partial charge in [0.2, 0.25) is 5.82 Å². The summed E-state index contributed by atoms with van der Waals surface area (Å²) < 4.78 is 41.9. The number of thiophene rings is 1. The number of carbonyl (C=O) groups is 1. The van der Waals surface area contributed by atoms with E-state index in [0.29, 0.717) is 17.8 Å². The Balaban J connectivity index is 1.91. The zero-order chi connectivity index (χ0) is 16.8. The molecule has 0 aliphatic carbocycles. The molecule has 0 saturated carbocycles. The molecule has 1 unspecified atom stereocenters. The largest absolute Gasteiger partial charge is 0.471 e. The number of rotatable bonds is 1. The van der Waals surface area contributed by atoms with E-state index in [2.05, 4.69) is 20.0 Å². The van der Waals surface area contributed by atoms with Crippen molar-refractivity contribution in [1.29, 1.82) is 0 Å². The van der Waals surface area contributed by atoms with Gasteiger partial charge in [-0.15, -0.1) is 11.3 Å². The Bertz CT molecular complexity index is 740. The Hall–Kier alpha value is -2.10. The van der Waals surface area contributed by atoms with E-state index in [0.717, 1.165) is 10.4 Å². The number of aromatic nitrogens is 2. The second-order valence-corrected chi connectivity index (χ2v) is 6.18. The van der Waals surface area contributed by atoms with Crippen molar-refractivity contribution in [3.05, 3.63) is 22.4 Å². The molecule has 3 rings (SSSR count). The van der Waals surface area contributed by atoms with Gasteiger partial charge in [0.05, 0.1) is 10.9 Å². The number of nitrogens with one attached hydrogen (secondary N) is 1. The maximum Gasteiger partial charge on any atom is 0.471 e. The Kier molecular flexibility index (Phi) is 3.78. The van der Waals surface area contributed by atoms with Gasteiger partial charge < -0.3 is 14.7 Å². The highest BCUT2D eigenvalue weighted by Crippen LogP contribution is 2.40. The fourth-order valence-electron chi connectivity index (χ4n) is 2.54. The van der Waals surface area contributed by atoms with E-state index in [1.54, 1.807) is 18.0 Å². The molecule has 1 aliphatic heterocycles. The number of alkyl halides is 3. The molecular weight excluding hydrogens is 333 g/mol. The van der Waals surface area contributed by atoms with E-state index in [1.807, 2.05) is 6.92 Å². The van der Waals surface area contributed by atoms with E-state index < -0.39 is 12.1 Å². The first-order chi connectivity index (χ1) is 10.8. The maximum atomic E-state index is 12.5. The van der Waals surface area contributed by atoms with Crippen LogP contribution in [0, 0.1) is 0 Å². The molecule has 6 nitrogen and oxygen atoms in total. The third kappa shape index (κ3) is 2.78. The minimum absolute atomic E-state index is 0.0876. The van der Waals surface area contributed by atoms with Gasteiger partial charge in [-0.2, -0.15) is 18.2 Å². The van der Waals surface area contributed by atoms with Gasteiger partial charge in [-0.1, -0.05) is 5.16 Å². The van der Waals surface area contributed by atoms with Crippen molar-refractivity contribution in [2.45, 2.75) is 25.6 Å². The van der Waals surface area contributed by atoms with Crippen LogP contribution < -0.4 is 5.32 Å². The molecule has 0 bridgehead atoms. The SMILES string of the molecule is CNC(=O)N1CCc2cc(-c3noc(C(F)(F)F)n3)sc2C1C. The molecule has 2 aromatic heterocycles. The fourth-order valence-corrected chi connectivity index (χ4v) is 3.74. The van der Waals surface area contributed by atoms with Crippen LogP contribution in [0.5, 0.6) is 0 Å². The highest BCUT2D eigenvalue weighted by Gasteiger charge is 2.39. The van der Waals surface area contributed by atoms with Crippen LogP contribution in [0.1, 0.15) is 29.3 Å². The van der Waals surface area contributed by atoms with Gasteiger partial charge in [-0.05, 0) is 25.0 Å². The topological polar surface area (TPSA) is 71.3 Å². The van der Waals surface area contributed by atoms with Crippen molar-refractivity contribution in [1.82, 2.24) is 20.4 Å². The number of urea groups is 1. The highest BCUT2D eigenvalue weighted by molar-refractivity contribution is 7.15. The van der Waals surface area contributed by atoms with Crippen molar-refractivity contribution >= 4 is 17.4 Å². The minimum atomic E-state index is -4.66. The summed E-state index contributed by atoms with van der Waals surface area (Å²) in [6.07, 6.45) is -4.03. The lowest BCUT2D eigenvalue weighted by atomic mass is 10.0. The van der Waals surface area contributed by atoms with Crippen LogP contribution in [0.2, 0.25) is 0 Å². The average molecular weight is 346 g/mol. The molecule has 124 valence electrons. The molecule has 1 atom stereocenters. The Morgan fingerprint density at radius 1 is 1.52 bits per heavy atom. The molecule has 10 heteroatoms. The van der Waals surface area contributed by atoms with Crippen LogP contribution in [-0.4, -0.2) is 34.7 Å². The maximum absolute atomic E-state index is 12.5. The molecule has 0 spiro atoms. The fraction of sp³-hybridized carbons (Fsp3) is 0.462. The lowest BCUT2D eigenvalue weighted by molar-refractivity contribution is -0.159. The lowest BCUT2D eigenvalue weighted by Gasteiger charge is -2.32. The normalized spacial score (nSPS) is 18.0. The van der Waals surface area contributed by atoms with Crippen LogP contribution in [-0.2, 0) is 12.6 Å². The van der Waals surface area contributed by atoms with Crippen LogP contribution in [0.4, 0.5) is 18.0 Å². The zero-order valence-electron chi connectivity index (χ0n) is 12.3. The average Bonchev–Trinajstić information content (AvgIpc) is 3.13. The van der Waals surface area contributed by atoms with Gasteiger partial charge in [0.15, 0.2) is 0 Å². The molecule has 0 fully saturated rings. The summed E-state index contributed by atoms with van der Waals surface area (Å²) in [5, 5.41) is 5.98. The lowest BCUT2D eigenvalue weighted by Crippen LogP contribution is -2.43. The predicted molar refractivity (Wildman–Crippen MR) is 75.9 cm³/mol. The molecule has 23 heavy (non-hydrogen) atoms. The Morgan fingerprint density at radius 3 is 2.87 bits per heavy atom. The van der Waals surface area contributed by atoms with E-state index in [4.69, 9.17) is 0 Å². The van der Waals surface area contributed by atoms with Gasteiger partial charge in [-0.25, -0.2) is 4.79 Å². The number of amides is 2. The number of hydrogen-bond donors (Lipinski definition) is 1. The van der Waals surface area contributed by atoms with Crippen molar-refractivity contribution < 1.29 is 22.5 Å². The summed E-state index contributed by atoms with van der Waals surface area (Å²) in [5.41, 5.74) is 0.996. The molecule has 0 saturated heterocycles. The third-order valence-corrected chi connectivity index (χ3v) is 5.02. The number of fused-ring (bicyclic) bond motifs is 1. The summed E-state index contributed by atoms with van der Waals surface area (Å²) in [5.74, 6) is -1.45. The van der Waals surface area contributed by atoms with Gasteiger partial charge in [0, 0.05) is 18.5 Å². The number of nitrogens with zero attached hydrogens (tertiary/aromatic N) is 3. The van der Waals surface area contributed by atoms with Crippen LogP contribution in [0.15, 0.2) is 10.6 Å². The second kappa shape index (κ2) is 5.52. The standard InChI is InChI=1S/C13H13F3N4O2S/c1-6-9-7(3-4-20(6)12(21)17-2)5-8(23-9)10-18-11(22-19-10)13(14,15)16/h5-6H,3-4H2,1-2H3,(H,17,21). The first-order valence-corrected chi connectivity index (χ1v) is 7.65. The van der Waals surface area contributed by atoms with Crippen molar-refractivity contribution in [3.8, 4) is 10.7 Å². The van der Waals surface area contributed by atoms with Crippen LogP contribution in [0.25, 0.3) is 10.7 Å².